The molecular weight excluding hydrogens is 304 g/mol. The first-order chi connectivity index (χ1) is 11.8. The molecule has 0 aromatic heterocycles. The van der Waals surface area contributed by atoms with Crippen molar-refractivity contribution in [1.29, 1.82) is 0 Å². The van der Waals surface area contributed by atoms with Gasteiger partial charge in [0.2, 0.25) is 0 Å². The highest BCUT2D eigenvalue weighted by atomic mass is 16.1. The van der Waals surface area contributed by atoms with E-state index in [1.807, 2.05) is 19.1 Å². The summed E-state index contributed by atoms with van der Waals surface area (Å²) in [4.78, 5) is 11.7. The van der Waals surface area contributed by atoms with Gasteiger partial charge < -0.3 is 0 Å². The molecule has 0 spiro atoms. The van der Waals surface area contributed by atoms with E-state index in [2.05, 4.69) is 52.8 Å². The van der Waals surface area contributed by atoms with Crippen molar-refractivity contribution in [2.24, 2.45) is 5.41 Å². The molecule has 1 rings (SSSR count). The molecule has 0 atom stereocenters. The molecule has 0 unspecified atom stereocenters. The second-order valence-electron chi connectivity index (χ2n) is 7.99. The van der Waals surface area contributed by atoms with E-state index in [0.29, 0.717) is 6.42 Å². The summed E-state index contributed by atoms with van der Waals surface area (Å²) in [5, 5.41) is 0. The minimum atomic E-state index is 0.228. The molecular formula is C24H36O. The van der Waals surface area contributed by atoms with E-state index in [-0.39, 0.29) is 11.2 Å². The zero-order valence-electron chi connectivity index (χ0n) is 17.1. The molecule has 25 heavy (non-hydrogen) atoms. The van der Waals surface area contributed by atoms with Crippen molar-refractivity contribution < 1.29 is 4.79 Å². The molecule has 1 aliphatic rings. The summed E-state index contributed by atoms with van der Waals surface area (Å²) in [5.74, 6) is 0.228. The Kier molecular flexibility index (Phi) is 8.89. The van der Waals surface area contributed by atoms with Gasteiger partial charge in [0, 0.05) is 6.42 Å². The molecule has 0 saturated carbocycles. The Morgan fingerprint density at radius 3 is 2.52 bits per heavy atom. The highest BCUT2D eigenvalue weighted by molar-refractivity contribution is 5.90. The van der Waals surface area contributed by atoms with Gasteiger partial charge in [0.15, 0.2) is 5.78 Å². The van der Waals surface area contributed by atoms with Crippen molar-refractivity contribution in [1.82, 2.24) is 0 Å². The zero-order chi connectivity index (χ0) is 18.9. The van der Waals surface area contributed by atoms with Gasteiger partial charge in [0.05, 0.1) is 0 Å². The van der Waals surface area contributed by atoms with Crippen molar-refractivity contribution in [2.45, 2.75) is 80.1 Å². The van der Waals surface area contributed by atoms with Crippen molar-refractivity contribution in [2.75, 3.05) is 0 Å². The fourth-order valence-electron chi connectivity index (χ4n) is 3.36. The van der Waals surface area contributed by atoms with Crippen LogP contribution in [0.3, 0.4) is 0 Å². The lowest BCUT2D eigenvalue weighted by molar-refractivity contribution is -0.114. The molecule has 0 aromatic carbocycles. The van der Waals surface area contributed by atoms with Crippen molar-refractivity contribution >= 4 is 5.78 Å². The molecule has 0 N–H and O–H groups in total. The standard InChI is InChI=1S/C24H36O/c1-7-8-14-22(25)18-20(3)12-9-11-19(2)15-16-23-21(4)13-10-17-24(23,5)6/h9,11-12,15-16,18H,7-8,10,13-14,17H2,1-6H3/b12-9+,16-15+,19-11+,20-18+. The highest BCUT2D eigenvalue weighted by Crippen LogP contribution is 2.40. The lowest BCUT2D eigenvalue weighted by atomic mass is 9.72. The third kappa shape index (κ3) is 7.86. The van der Waals surface area contributed by atoms with Gasteiger partial charge in [-0.15, -0.1) is 0 Å². The summed E-state index contributed by atoms with van der Waals surface area (Å²) in [6.07, 6.45) is 18.9. The van der Waals surface area contributed by atoms with Crippen LogP contribution >= 0.6 is 0 Å². The molecule has 0 aromatic rings. The van der Waals surface area contributed by atoms with Crippen molar-refractivity contribution in [3.8, 4) is 0 Å². The Balaban J connectivity index is 2.69. The average molecular weight is 341 g/mol. The van der Waals surface area contributed by atoms with E-state index in [0.717, 1.165) is 18.4 Å². The Bertz CT molecular complexity index is 606. The van der Waals surface area contributed by atoms with Crippen LogP contribution in [0, 0.1) is 5.41 Å². The molecule has 1 heteroatoms. The Hall–Kier alpha value is -1.63. The molecule has 0 aliphatic heterocycles. The Labute approximate surface area is 155 Å². The molecule has 0 radical (unpaired) electrons. The van der Waals surface area contributed by atoms with Gasteiger partial charge >= 0.3 is 0 Å². The number of hydrogen-bond donors (Lipinski definition) is 0. The van der Waals surface area contributed by atoms with Crippen LogP contribution in [0.25, 0.3) is 0 Å². The zero-order valence-corrected chi connectivity index (χ0v) is 17.1. The second kappa shape index (κ2) is 10.4. The third-order valence-corrected chi connectivity index (χ3v) is 4.94. The number of rotatable bonds is 8. The number of allylic oxidation sites excluding steroid dienone is 10. The maximum atomic E-state index is 11.7. The van der Waals surface area contributed by atoms with Gasteiger partial charge in [-0.25, -0.2) is 0 Å². The summed E-state index contributed by atoms with van der Waals surface area (Å²) in [6.45, 7) is 13.2. The molecule has 0 amide bonds. The molecule has 138 valence electrons. The number of carbonyl (C=O) groups is 1. The van der Waals surface area contributed by atoms with Gasteiger partial charge in [-0.05, 0) is 69.1 Å². The number of hydrogen-bond acceptors (Lipinski definition) is 1. The number of unbranched alkanes of at least 4 members (excludes halogenated alkanes) is 1. The number of carbonyl (C=O) groups excluding carboxylic acids is 1. The van der Waals surface area contributed by atoms with Gasteiger partial charge in [0.1, 0.15) is 0 Å². The topological polar surface area (TPSA) is 17.1 Å². The molecule has 0 bridgehead atoms. The summed E-state index contributed by atoms with van der Waals surface area (Å²) in [5.41, 5.74) is 5.55. The normalized spacial score (nSPS) is 19.3. The predicted molar refractivity (Wildman–Crippen MR) is 111 cm³/mol. The highest BCUT2D eigenvalue weighted by Gasteiger charge is 2.26. The van der Waals surface area contributed by atoms with E-state index in [4.69, 9.17) is 0 Å². The second-order valence-corrected chi connectivity index (χ2v) is 7.99. The first-order valence-corrected chi connectivity index (χ1v) is 9.70. The fraction of sp³-hybridized carbons (Fsp3) is 0.542. The lowest BCUT2D eigenvalue weighted by Crippen LogP contribution is -2.19. The maximum Gasteiger partial charge on any atom is 0.155 e. The molecule has 0 saturated heterocycles. The van der Waals surface area contributed by atoms with Crippen LogP contribution in [0.15, 0.2) is 58.7 Å². The smallest absolute Gasteiger partial charge is 0.155 e. The minimum absolute atomic E-state index is 0.228. The lowest BCUT2D eigenvalue weighted by Gasteiger charge is -2.32. The maximum absolute atomic E-state index is 11.7. The monoisotopic (exact) mass is 340 g/mol. The summed E-state index contributed by atoms with van der Waals surface area (Å²) >= 11 is 0. The average Bonchev–Trinajstić information content (AvgIpc) is 2.51. The quantitative estimate of drug-likeness (QED) is 0.335. The SMILES string of the molecule is CCCCC(=O)/C=C(C)/C=C/C=C(C)/C=C/C1=C(C)CCCC1(C)C. The van der Waals surface area contributed by atoms with Crippen molar-refractivity contribution in [3.63, 3.8) is 0 Å². The summed E-state index contributed by atoms with van der Waals surface area (Å²) in [7, 11) is 0. The van der Waals surface area contributed by atoms with Gasteiger partial charge in [-0.2, -0.15) is 0 Å². The fourth-order valence-corrected chi connectivity index (χ4v) is 3.36. The largest absolute Gasteiger partial charge is 0.295 e. The van der Waals surface area contributed by atoms with Gasteiger partial charge in [0.25, 0.3) is 0 Å². The van der Waals surface area contributed by atoms with E-state index in [1.54, 1.807) is 6.08 Å². The van der Waals surface area contributed by atoms with Crippen LogP contribution in [0.4, 0.5) is 0 Å². The minimum Gasteiger partial charge on any atom is -0.295 e. The van der Waals surface area contributed by atoms with Crippen LogP contribution in [-0.2, 0) is 4.79 Å². The summed E-state index contributed by atoms with van der Waals surface area (Å²) < 4.78 is 0. The number of ketones is 1. The van der Waals surface area contributed by atoms with Crippen molar-refractivity contribution in [3.05, 3.63) is 58.7 Å². The van der Waals surface area contributed by atoms with Gasteiger partial charge in [-0.1, -0.05) is 68.7 Å². The molecule has 0 heterocycles. The Morgan fingerprint density at radius 2 is 1.88 bits per heavy atom. The summed E-state index contributed by atoms with van der Waals surface area (Å²) in [6, 6.07) is 0. The third-order valence-electron chi connectivity index (χ3n) is 4.94. The van der Waals surface area contributed by atoms with Crippen LogP contribution < -0.4 is 0 Å². The first kappa shape index (κ1) is 21.4. The van der Waals surface area contributed by atoms with E-state index >= 15 is 0 Å². The van der Waals surface area contributed by atoms with Crippen LogP contribution in [0.5, 0.6) is 0 Å². The first-order valence-electron chi connectivity index (χ1n) is 9.70. The van der Waals surface area contributed by atoms with Crippen LogP contribution in [0.2, 0.25) is 0 Å². The van der Waals surface area contributed by atoms with E-state index < -0.39 is 0 Å². The molecule has 0 fully saturated rings. The Morgan fingerprint density at radius 1 is 1.16 bits per heavy atom. The molecule has 1 nitrogen and oxygen atoms in total. The predicted octanol–water partition coefficient (Wildman–Crippen LogP) is 7.28. The van der Waals surface area contributed by atoms with E-state index in [9.17, 15) is 4.79 Å². The molecule has 1 aliphatic carbocycles. The van der Waals surface area contributed by atoms with Crippen LogP contribution in [-0.4, -0.2) is 5.78 Å². The van der Waals surface area contributed by atoms with E-state index in [1.165, 1.54) is 36.0 Å². The van der Waals surface area contributed by atoms with Crippen LogP contribution in [0.1, 0.15) is 80.1 Å². The van der Waals surface area contributed by atoms with Gasteiger partial charge in [-0.3, -0.25) is 4.79 Å².